The lowest BCUT2D eigenvalue weighted by Gasteiger charge is -2.12. The maximum Gasteiger partial charge on any atom is 0.123 e. The highest BCUT2D eigenvalue weighted by Crippen LogP contribution is 2.26. The summed E-state index contributed by atoms with van der Waals surface area (Å²) in [6.07, 6.45) is -0.562. The van der Waals surface area contributed by atoms with Crippen molar-refractivity contribution in [3.05, 3.63) is 65.5 Å². The Labute approximate surface area is 99.0 Å². The fourth-order valence-electron chi connectivity index (χ4n) is 1.77. The van der Waals surface area contributed by atoms with Crippen LogP contribution in [0.5, 0.6) is 5.75 Å². The summed E-state index contributed by atoms with van der Waals surface area (Å²) < 4.78 is 13.0. The Hall–Kier alpha value is -1.87. The van der Waals surface area contributed by atoms with Crippen molar-refractivity contribution in [2.24, 2.45) is 0 Å². The van der Waals surface area contributed by atoms with E-state index in [0.29, 0.717) is 11.1 Å². The summed E-state index contributed by atoms with van der Waals surface area (Å²) >= 11 is 0. The van der Waals surface area contributed by atoms with Gasteiger partial charge in [-0.25, -0.2) is 4.39 Å². The van der Waals surface area contributed by atoms with Crippen molar-refractivity contribution in [3.63, 3.8) is 0 Å². The lowest BCUT2D eigenvalue weighted by atomic mass is 10.0. The molecule has 0 aliphatic rings. The summed E-state index contributed by atoms with van der Waals surface area (Å²) in [4.78, 5) is 0. The number of para-hydroxylation sites is 1. The van der Waals surface area contributed by atoms with Crippen LogP contribution in [-0.4, -0.2) is 10.2 Å². The molecular formula is C14H13FO2. The first-order valence-corrected chi connectivity index (χ1v) is 5.37. The predicted molar refractivity (Wildman–Crippen MR) is 63.2 cm³/mol. The minimum absolute atomic E-state index is 0.0522. The third-order valence-corrected chi connectivity index (χ3v) is 2.61. The smallest absolute Gasteiger partial charge is 0.123 e. The zero-order chi connectivity index (χ0) is 12.3. The van der Waals surface area contributed by atoms with E-state index in [1.54, 1.807) is 30.3 Å². The maximum atomic E-state index is 13.0. The summed E-state index contributed by atoms with van der Waals surface area (Å²) in [6, 6.07) is 12.7. The molecule has 0 radical (unpaired) electrons. The molecule has 2 nitrogen and oxygen atoms in total. The van der Waals surface area contributed by atoms with Crippen LogP contribution < -0.4 is 0 Å². The van der Waals surface area contributed by atoms with Gasteiger partial charge in [0.05, 0.1) is 6.10 Å². The van der Waals surface area contributed by atoms with Gasteiger partial charge in [-0.3, -0.25) is 0 Å². The van der Waals surface area contributed by atoms with Gasteiger partial charge in [0.1, 0.15) is 11.6 Å². The van der Waals surface area contributed by atoms with Gasteiger partial charge >= 0.3 is 0 Å². The topological polar surface area (TPSA) is 40.5 Å². The molecule has 2 aromatic carbocycles. The monoisotopic (exact) mass is 232 g/mol. The van der Waals surface area contributed by atoms with Crippen molar-refractivity contribution in [2.45, 2.75) is 12.5 Å². The molecule has 0 saturated heterocycles. The molecule has 17 heavy (non-hydrogen) atoms. The zero-order valence-corrected chi connectivity index (χ0v) is 9.18. The van der Waals surface area contributed by atoms with E-state index in [4.69, 9.17) is 0 Å². The van der Waals surface area contributed by atoms with E-state index in [2.05, 4.69) is 0 Å². The highest BCUT2D eigenvalue weighted by atomic mass is 19.1. The number of hydrogen-bond acceptors (Lipinski definition) is 2. The third-order valence-electron chi connectivity index (χ3n) is 2.61. The number of aliphatic hydroxyl groups excluding tert-OH is 1. The van der Waals surface area contributed by atoms with Crippen LogP contribution in [0, 0.1) is 5.82 Å². The first kappa shape index (κ1) is 11.6. The van der Waals surface area contributed by atoms with Crippen LogP contribution in [0.15, 0.2) is 48.5 Å². The van der Waals surface area contributed by atoms with E-state index in [-0.39, 0.29) is 18.0 Å². The van der Waals surface area contributed by atoms with Gasteiger partial charge in [-0.05, 0) is 23.8 Å². The Balaban J connectivity index is 2.17. The average Bonchev–Trinajstić information content (AvgIpc) is 2.29. The van der Waals surface area contributed by atoms with Gasteiger partial charge in [0.2, 0.25) is 0 Å². The molecule has 2 rings (SSSR count). The zero-order valence-electron chi connectivity index (χ0n) is 9.18. The van der Waals surface area contributed by atoms with Crippen LogP contribution >= 0.6 is 0 Å². The predicted octanol–water partition coefficient (Wildman–Crippen LogP) is 2.81. The molecule has 88 valence electrons. The lowest BCUT2D eigenvalue weighted by Crippen LogP contribution is -2.02. The van der Waals surface area contributed by atoms with Crippen molar-refractivity contribution >= 4 is 0 Å². The quantitative estimate of drug-likeness (QED) is 0.854. The molecule has 0 amide bonds. The van der Waals surface area contributed by atoms with Crippen molar-refractivity contribution < 1.29 is 14.6 Å². The number of benzene rings is 2. The first-order chi connectivity index (χ1) is 8.16. The summed E-state index contributed by atoms with van der Waals surface area (Å²) in [5.41, 5.74) is 1.15. The van der Waals surface area contributed by atoms with E-state index in [0.717, 1.165) is 0 Å². The molecule has 2 N–H and O–H groups in total. The maximum absolute atomic E-state index is 13.0. The van der Waals surface area contributed by atoms with Crippen LogP contribution in [0.3, 0.4) is 0 Å². The number of phenolic OH excluding ortho intramolecular Hbond substituents is 1. The normalized spacial score (nSPS) is 12.4. The SMILES string of the molecule is Oc1ccccc1[C@@H](O)Cc1cccc(F)c1. The van der Waals surface area contributed by atoms with Gasteiger partial charge in [-0.15, -0.1) is 0 Å². The Morgan fingerprint density at radius 1 is 1.06 bits per heavy atom. The second-order valence-corrected chi connectivity index (χ2v) is 3.91. The second-order valence-electron chi connectivity index (χ2n) is 3.91. The van der Waals surface area contributed by atoms with Gasteiger partial charge in [-0.1, -0.05) is 30.3 Å². The third kappa shape index (κ3) is 2.82. The van der Waals surface area contributed by atoms with Crippen molar-refractivity contribution in [1.82, 2.24) is 0 Å². The van der Waals surface area contributed by atoms with Crippen LogP contribution in [0.4, 0.5) is 4.39 Å². The fraction of sp³-hybridized carbons (Fsp3) is 0.143. The molecule has 0 spiro atoms. The summed E-state index contributed by atoms with van der Waals surface area (Å²) in [7, 11) is 0. The Morgan fingerprint density at radius 2 is 1.82 bits per heavy atom. The molecule has 0 heterocycles. The number of aliphatic hydroxyl groups is 1. The molecule has 1 atom stereocenters. The number of halogens is 1. The van der Waals surface area contributed by atoms with E-state index >= 15 is 0 Å². The molecule has 0 fully saturated rings. The Morgan fingerprint density at radius 3 is 2.53 bits per heavy atom. The molecule has 0 saturated carbocycles. The van der Waals surface area contributed by atoms with Crippen LogP contribution in [-0.2, 0) is 6.42 Å². The molecule has 0 unspecified atom stereocenters. The molecule has 0 aliphatic carbocycles. The van der Waals surface area contributed by atoms with Crippen LogP contribution in [0.25, 0.3) is 0 Å². The lowest BCUT2D eigenvalue weighted by molar-refractivity contribution is 0.174. The van der Waals surface area contributed by atoms with Gasteiger partial charge in [0.25, 0.3) is 0 Å². The van der Waals surface area contributed by atoms with E-state index in [1.165, 1.54) is 18.2 Å². The van der Waals surface area contributed by atoms with E-state index < -0.39 is 6.10 Å². The molecule has 0 aromatic heterocycles. The van der Waals surface area contributed by atoms with Crippen LogP contribution in [0.2, 0.25) is 0 Å². The standard InChI is InChI=1S/C14H13FO2/c15-11-5-3-4-10(8-11)9-14(17)12-6-1-2-7-13(12)16/h1-8,14,16-17H,9H2/t14-/m0/s1. The van der Waals surface area contributed by atoms with Gasteiger partial charge in [-0.2, -0.15) is 0 Å². The van der Waals surface area contributed by atoms with E-state index in [9.17, 15) is 14.6 Å². The molecule has 3 heteroatoms. The summed E-state index contributed by atoms with van der Waals surface area (Å²) in [6.45, 7) is 0. The van der Waals surface area contributed by atoms with E-state index in [1.807, 2.05) is 0 Å². The molecule has 0 bridgehead atoms. The average molecular weight is 232 g/mol. The van der Waals surface area contributed by atoms with Gasteiger partial charge in [0.15, 0.2) is 0 Å². The largest absolute Gasteiger partial charge is 0.508 e. The minimum Gasteiger partial charge on any atom is -0.508 e. The Bertz CT molecular complexity index is 511. The number of aromatic hydroxyl groups is 1. The van der Waals surface area contributed by atoms with Crippen molar-refractivity contribution in [1.29, 1.82) is 0 Å². The van der Waals surface area contributed by atoms with Crippen molar-refractivity contribution in [2.75, 3.05) is 0 Å². The van der Waals surface area contributed by atoms with Crippen molar-refractivity contribution in [3.8, 4) is 5.75 Å². The summed E-state index contributed by atoms with van der Waals surface area (Å²) in [5, 5.41) is 19.5. The molecule has 0 aliphatic heterocycles. The molecular weight excluding hydrogens is 219 g/mol. The summed E-state index contributed by atoms with van der Waals surface area (Å²) in [5.74, 6) is -0.275. The Kier molecular flexibility index (Phi) is 3.40. The number of rotatable bonds is 3. The van der Waals surface area contributed by atoms with Gasteiger partial charge < -0.3 is 10.2 Å². The van der Waals surface area contributed by atoms with Gasteiger partial charge in [0, 0.05) is 12.0 Å². The fourth-order valence-corrected chi connectivity index (χ4v) is 1.77. The first-order valence-electron chi connectivity index (χ1n) is 5.37. The minimum atomic E-state index is -0.835. The highest BCUT2D eigenvalue weighted by molar-refractivity contribution is 5.34. The number of hydrogen-bond donors (Lipinski definition) is 2. The highest BCUT2D eigenvalue weighted by Gasteiger charge is 2.12. The van der Waals surface area contributed by atoms with Crippen LogP contribution in [0.1, 0.15) is 17.2 Å². The number of phenols is 1. The second kappa shape index (κ2) is 4.97. The molecule has 2 aromatic rings.